The maximum atomic E-state index is 10.0. The fraction of sp³-hybridized carbons (Fsp3) is 0.471. The molecule has 0 bridgehead atoms. The Bertz CT molecular complexity index is 620. The van der Waals surface area contributed by atoms with Crippen LogP contribution in [0.5, 0.6) is 5.75 Å². The van der Waals surface area contributed by atoms with Crippen LogP contribution in [0, 0.1) is 6.92 Å². The molecule has 4 heteroatoms. The van der Waals surface area contributed by atoms with Crippen molar-refractivity contribution in [3.63, 3.8) is 0 Å². The number of aromatic nitrogens is 2. The summed E-state index contributed by atoms with van der Waals surface area (Å²) in [7, 11) is 0. The third-order valence-electron chi connectivity index (χ3n) is 4.27. The van der Waals surface area contributed by atoms with Gasteiger partial charge in [0.15, 0.2) is 0 Å². The lowest BCUT2D eigenvalue weighted by Crippen LogP contribution is -2.39. The Balaban J connectivity index is 1.72. The summed E-state index contributed by atoms with van der Waals surface area (Å²) in [6, 6.07) is 8.24. The molecule has 1 aromatic heterocycles. The normalized spacial score (nSPS) is 19.2. The molecule has 1 aromatic carbocycles. The number of hydrogen-bond acceptors (Lipinski definition) is 3. The number of phenols is 1. The van der Waals surface area contributed by atoms with Crippen LogP contribution in [0.3, 0.4) is 0 Å². The second kappa shape index (κ2) is 5.90. The summed E-state index contributed by atoms with van der Waals surface area (Å²) in [5.74, 6) is 1.58. The minimum absolute atomic E-state index is 0.197. The number of aryl methyl sites for hydroxylation is 2. The van der Waals surface area contributed by atoms with E-state index in [4.69, 9.17) is 0 Å². The number of nitrogens with one attached hydrogen (secondary N) is 1. The van der Waals surface area contributed by atoms with E-state index in [0.717, 1.165) is 37.1 Å². The Hall–Kier alpha value is -1.81. The molecule has 3 rings (SSSR count). The molecule has 0 amide bonds. The highest BCUT2D eigenvalue weighted by atomic mass is 16.3. The first-order valence-electron chi connectivity index (χ1n) is 7.74. The topological polar surface area (TPSA) is 50.1 Å². The minimum atomic E-state index is 0.197. The molecule has 112 valence electrons. The predicted octanol–water partition coefficient (Wildman–Crippen LogP) is 2.95. The predicted molar refractivity (Wildman–Crippen MR) is 83.3 cm³/mol. The van der Waals surface area contributed by atoms with Crippen LogP contribution in [-0.4, -0.2) is 20.7 Å². The van der Waals surface area contributed by atoms with Crippen molar-refractivity contribution in [3.05, 3.63) is 47.5 Å². The molecular weight excluding hydrogens is 262 g/mol. The number of phenolic OH excluding ortho intramolecular Hbond substituents is 1. The average Bonchev–Trinajstić information content (AvgIpc) is 2.85. The van der Waals surface area contributed by atoms with Crippen molar-refractivity contribution in [2.75, 3.05) is 0 Å². The van der Waals surface area contributed by atoms with E-state index >= 15 is 0 Å². The molecule has 0 aliphatic carbocycles. The number of imidazole rings is 1. The van der Waals surface area contributed by atoms with E-state index in [1.807, 2.05) is 25.1 Å². The lowest BCUT2D eigenvalue weighted by molar-refractivity contribution is 0.333. The molecule has 0 fully saturated rings. The zero-order valence-electron chi connectivity index (χ0n) is 12.7. The maximum absolute atomic E-state index is 10.0. The van der Waals surface area contributed by atoms with Gasteiger partial charge in [0, 0.05) is 36.8 Å². The highest BCUT2D eigenvalue weighted by Gasteiger charge is 2.23. The van der Waals surface area contributed by atoms with Crippen molar-refractivity contribution >= 4 is 0 Å². The smallest absolute Gasteiger partial charge is 0.120 e. The van der Waals surface area contributed by atoms with Crippen LogP contribution >= 0.6 is 0 Å². The van der Waals surface area contributed by atoms with Crippen molar-refractivity contribution in [1.82, 2.24) is 14.9 Å². The van der Waals surface area contributed by atoms with Crippen molar-refractivity contribution in [2.45, 2.75) is 51.7 Å². The van der Waals surface area contributed by atoms with Crippen molar-refractivity contribution in [2.24, 2.45) is 0 Å². The van der Waals surface area contributed by atoms with Crippen LogP contribution in [0.1, 0.15) is 42.9 Å². The summed E-state index contributed by atoms with van der Waals surface area (Å²) in [6.45, 7) is 5.16. The molecule has 21 heavy (non-hydrogen) atoms. The standard InChI is InChI=1S/C17H23N3O/c1-3-15(14-6-4-5-7-16(14)21)19-13-8-9-17-18-12(2)10-20(17)11-13/h4-7,10,13,15,19,21H,3,8-9,11H2,1-2H3/t13-,15+/m1/s1. The van der Waals surface area contributed by atoms with Gasteiger partial charge in [-0.2, -0.15) is 0 Å². The first kappa shape index (κ1) is 14.1. The molecule has 2 N–H and O–H groups in total. The lowest BCUT2D eigenvalue weighted by atomic mass is 10.00. The zero-order valence-corrected chi connectivity index (χ0v) is 12.7. The van der Waals surface area contributed by atoms with Crippen LogP contribution in [0.15, 0.2) is 30.5 Å². The molecule has 0 unspecified atom stereocenters. The Labute approximate surface area is 125 Å². The average molecular weight is 285 g/mol. The van der Waals surface area contributed by atoms with E-state index in [1.54, 1.807) is 6.07 Å². The summed E-state index contributed by atoms with van der Waals surface area (Å²) in [4.78, 5) is 4.55. The number of rotatable bonds is 4. The van der Waals surface area contributed by atoms with E-state index in [-0.39, 0.29) is 6.04 Å². The van der Waals surface area contributed by atoms with E-state index in [2.05, 4.69) is 28.0 Å². The number of nitrogens with zero attached hydrogens (tertiary/aromatic N) is 2. The SMILES string of the molecule is CC[C@H](N[C@@H]1CCc2nc(C)cn2C1)c1ccccc1O. The Morgan fingerprint density at radius 2 is 2.24 bits per heavy atom. The molecule has 2 aromatic rings. The van der Waals surface area contributed by atoms with Crippen LogP contribution in [0.2, 0.25) is 0 Å². The van der Waals surface area contributed by atoms with Crippen LogP contribution in [-0.2, 0) is 13.0 Å². The van der Waals surface area contributed by atoms with E-state index < -0.39 is 0 Å². The molecular formula is C17H23N3O. The Morgan fingerprint density at radius 1 is 1.43 bits per heavy atom. The van der Waals surface area contributed by atoms with Crippen molar-refractivity contribution in [3.8, 4) is 5.75 Å². The van der Waals surface area contributed by atoms with Gasteiger partial charge in [0.2, 0.25) is 0 Å². The quantitative estimate of drug-likeness (QED) is 0.908. The molecule has 0 spiro atoms. The molecule has 0 radical (unpaired) electrons. The molecule has 2 heterocycles. The second-order valence-electron chi connectivity index (χ2n) is 5.87. The molecule has 0 saturated heterocycles. The number of hydrogen-bond donors (Lipinski definition) is 2. The Kier molecular flexibility index (Phi) is 3.97. The number of aromatic hydroxyl groups is 1. The highest BCUT2D eigenvalue weighted by Crippen LogP contribution is 2.27. The number of fused-ring (bicyclic) bond motifs is 1. The van der Waals surface area contributed by atoms with E-state index in [0.29, 0.717) is 11.8 Å². The first-order chi connectivity index (χ1) is 10.2. The van der Waals surface area contributed by atoms with Gasteiger partial charge in [-0.15, -0.1) is 0 Å². The fourth-order valence-electron chi connectivity index (χ4n) is 3.22. The summed E-state index contributed by atoms with van der Waals surface area (Å²) < 4.78 is 2.26. The summed E-state index contributed by atoms with van der Waals surface area (Å²) in [6.07, 6.45) is 5.21. The van der Waals surface area contributed by atoms with Crippen LogP contribution < -0.4 is 5.32 Å². The van der Waals surface area contributed by atoms with Crippen molar-refractivity contribution in [1.29, 1.82) is 0 Å². The van der Waals surface area contributed by atoms with Gasteiger partial charge in [-0.05, 0) is 25.8 Å². The van der Waals surface area contributed by atoms with Crippen molar-refractivity contribution < 1.29 is 5.11 Å². The van der Waals surface area contributed by atoms with Crippen LogP contribution in [0.25, 0.3) is 0 Å². The van der Waals surface area contributed by atoms with Gasteiger partial charge < -0.3 is 15.0 Å². The van der Waals surface area contributed by atoms with E-state index in [1.165, 1.54) is 5.82 Å². The zero-order chi connectivity index (χ0) is 14.8. The fourth-order valence-corrected chi connectivity index (χ4v) is 3.22. The largest absolute Gasteiger partial charge is 0.508 e. The van der Waals surface area contributed by atoms with Gasteiger partial charge in [-0.25, -0.2) is 4.98 Å². The minimum Gasteiger partial charge on any atom is -0.508 e. The molecule has 0 saturated carbocycles. The van der Waals surface area contributed by atoms with Crippen LogP contribution in [0.4, 0.5) is 0 Å². The monoisotopic (exact) mass is 285 g/mol. The second-order valence-corrected chi connectivity index (χ2v) is 5.87. The number of para-hydroxylation sites is 1. The van der Waals surface area contributed by atoms with Gasteiger partial charge in [0.1, 0.15) is 11.6 Å². The molecule has 2 atom stereocenters. The van der Waals surface area contributed by atoms with Gasteiger partial charge in [-0.3, -0.25) is 0 Å². The van der Waals surface area contributed by atoms with Gasteiger partial charge in [0.05, 0.1) is 5.69 Å². The third kappa shape index (κ3) is 2.95. The Morgan fingerprint density at radius 3 is 3.00 bits per heavy atom. The summed E-state index contributed by atoms with van der Waals surface area (Å²) in [5.41, 5.74) is 2.09. The third-order valence-corrected chi connectivity index (χ3v) is 4.27. The van der Waals surface area contributed by atoms with E-state index in [9.17, 15) is 5.11 Å². The van der Waals surface area contributed by atoms with Gasteiger partial charge >= 0.3 is 0 Å². The summed E-state index contributed by atoms with van der Waals surface area (Å²) in [5, 5.41) is 13.8. The number of benzene rings is 1. The van der Waals surface area contributed by atoms with Gasteiger partial charge in [-0.1, -0.05) is 25.1 Å². The first-order valence-corrected chi connectivity index (χ1v) is 7.74. The highest BCUT2D eigenvalue weighted by molar-refractivity contribution is 5.34. The molecule has 1 aliphatic heterocycles. The summed E-state index contributed by atoms with van der Waals surface area (Å²) >= 11 is 0. The maximum Gasteiger partial charge on any atom is 0.120 e. The molecule has 1 aliphatic rings. The lowest BCUT2D eigenvalue weighted by Gasteiger charge is -2.29. The van der Waals surface area contributed by atoms with Gasteiger partial charge in [0.25, 0.3) is 0 Å². The molecule has 4 nitrogen and oxygen atoms in total.